The Bertz CT molecular complexity index is 1130. The van der Waals surface area contributed by atoms with E-state index in [0.29, 0.717) is 30.0 Å². The molecule has 0 fully saturated rings. The fourth-order valence-corrected chi connectivity index (χ4v) is 4.18. The molecule has 1 unspecified atom stereocenters. The Hall–Kier alpha value is -3.28. The topological polar surface area (TPSA) is 65.8 Å². The zero-order valence-electron chi connectivity index (χ0n) is 17.1. The van der Waals surface area contributed by atoms with E-state index < -0.39 is 6.09 Å². The predicted molar refractivity (Wildman–Crippen MR) is 115 cm³/mol. The predicted octanol–water partition coefficient (Wildman–Crippen LogP) is 4.72. The standard InChI is InChI=1S/C23H25N3O3/c1-5-17-13-25(19-10-14(2)15(3)11-20(19)26(17)23(28)29)22(27)21-12-16-8-6-7-9-18(16)24(21)4/h6-12,17H,5,13H2,1-4H3,(H,28,29). The molecule has 1 atom stereocenters. The van der Waals surface area contributed by atoms with E-state index in [4.69, 9.17) is 0 Å². The third kappa shape index (κ3) is 2.95. The molecule has 1 aliphatic rings. The minimum Gasteiger partial charge on any atom is -0.465 e. The number of rotatable bonds is 2. The number of hydrogen-bond acceptors (Lipinski definition) is 2. The highest BCUT2D eigenvalue weighted by molar-refractivity contribution is 6.11. The largest absolute Gasteiger partial charge is 0.465 e. The molecule has 3 aromatic rings. The van der Waals surface area contributed by atoms with Gasteiger partial charge in [-0.3, -0.25) is 9.69 Å². The zero-order chi connectivity index (χ0) is 20.9. The van der Waals surface area contributed by atoms with Crippen LogP contribution in [0.5, 0.6) is 0 Å². The first-order valence-electron chi connectivity index (χ1n) is 9.83. The van der Waals surface area contributed by atoms with E-state index in [1.54, 1.807) is 4.90 Å². The van der Waals surface area contributed by atoms with E-state index in [1.807, 2.05) is 74.9 Å². The lowest BCUT2D eigenvalue weighted by Gasteiger charge is -2.41. The van der Waals surface area contributed by atoms with Crippen molar-refractivity contribution in [2.24, 2.45) is 7.05 Å². The van der Waals surface area contributed by atoms with E-state index in [9.17, 15) is 14.7 Å². The normalized spacial score (nSPS) is 16.2. The Kier molecular flexibility index (Phi) is 4.57. The molecule has 0 saturated carbocycles. The van der Waals surface area contributed by atoms with Gasteiger partial charge in [0.15, 0.2) is 0 Å². The van der Waals surface area contributed by atoms with E-state index in [0.717, 1.165) is 22.0 Å². The molecule has 150 valence electrons. The van der Waals surface area contributed by atoms with Crippen molar-refractivity contribution in [1.82, 2.24) is 4.57 Å². The van der Waals surface area contributed by atoms with E-state index >= 15 is 0 Å². The Labute approximate surface area is 170 Å². The summed E-state index contributed by atoms with van der Waals surface area (Å²) in [7, 11) is 1.89. The number of carbonyl (C=O) groups is 2. The van der Waals surface area contributed by atoms with Gasteiger partial charge in [-0.2, -0.15) is 0 Å². The molecule has 4 rings (SSSR count). The van der Waals surface area contributed by atoms with Crippen LogP contribution in [0, 0.1) is 13.8 Å². The Morgan fingerprint density at radius 1 is 1.07 bits per heavy atom. The van der Waals surface area contributed by atoms with Crippen LogP contribution in [-0.2, 0) is 7.05 Å². The number of nitrogens with zero attached hydrogens (tertiary/aromatic N) is 3. The third-order valence-corrected chi connectivity index (χ3v) is 5.99. The molecular formula is C23H25N3O3. The van der Waals surface area contributed by atoms with Gasteiger partial charge in [0.2, 0.25) is 0 Å². The van der Waals surface area contributed by atoms with Crippen molar-refractivity contribution in [2.75, 3.05) is 16.3 Å². The van der Waals surface area contributed by atoms with Crippen LogP contribution >= 0.6 is 0 Å². The van der Waals surface area contributed by atoms with Gasteiger partial charge in [-0.1, -0.05) is 25.1 Å². The molecule has 0 aliphatic carbocycles. The highest BCUT2D eigenvalue weighted by atomic mass is 16.4. The smallest absolute Gasteiger partial charge is 0.412 e. The SMILES string of the molecule is CCC1CN(C(=O)c2cc3ccccc3n2C)c2cc(C)c(C)cc2N1C(=O)O. The summed E-state index contributed by atoms with van der Waals surface area (Å²) in [6.45, 7) is 6.22. The van der Waals surface area contributed by atoms with Gasteiger partial charge in [0, 0.05) is 24.5 Å². The minimum atomic E-state index is -0.988. The van der Waals surface area contributed by atoms with Crippen molar-refractivity contribution in [3.63, 3.8) is 0 Å². The van der Waals surface area contributed by atoms with Crippen molar-refractivity contribution < 1.29 is 14.7 Å². The van der Waals surface area contributed by atoms with Crippen molar-refractivity contribution in [2.45, 2.75) is 33.2 Å². The first kappa shape index (κ1) is 19.1. The molecule has 29 heavy (non-hydrogen) atoms. The Morgan fingerprint density at radius 2 is 1.72 bits per heavy atom. The highest BCUT2D eigenvalue weighted by Gasteiger charge is 2.37. The van der Waals surface area contributed by atoms with Crippen molar-refractivity contribution in [1.29, 1.82) is 0 Å². The maximum Gasteiger partial charge on any atom is 0.412 e. The van der Waals surface area contributed by atoms with Crippen molar-refractivity contribution >= 4 is 34.3 Å². The summed E-state index contributed by atoms with van der Waals surface area (Å²) in [5.41, 5.74) is 4.84. The van der Waals surface area contributed by atoms with Crippen LogP contribution in [0.3, 0.4) is 0 Å². The molecule has 1 aliphatic heterocycles. The Balaban J connectivity index is 1.87. The van der Waals surface area contributed by atoms with Crippen LogP contribution < -0.4 is 9.80 Å². The second-order valence-electron chi connectivity index (χ2n) is 7.70. The first-order chi connectivity index (χ1) is 13.8. The summed E-state index contributed by atoms with van der Waals surface area (Å²) >= 11 is 0. The second-order valence-corrected chi connectivity index (χ2v) is 7.70. The van der Waals surface area contributed by atoms with Gasteiger partial charge in [-0.25, -0.2) is 4.79 Å². The first-order valence-corrected chi connectivity index (χ1v) is 9.83. The summed E-state index contributed by atoms with van der Waals surface area (Å²) in [6, 6.07) is 13.3. The Morgan fingerprint density at radius 3 is 2.34 bits per heavy atom. The lowest BCUT2D eigenvalue weighted by Crippen LogP contribution is -2.53. The molecule has 2 aromatic carbocycles. The van der Waals surface area contributed by atoms with Gasteiger partial charge < -0.3 is 14.6 Å². The van der Waals surface area contributed by atoms with Gasteiger partial charge in [0.1, 0.15) is 5.69 Å². The number of hydrogen-bond donors (Lipinski definition) is 1. The number of carboxylic acid groups (broad SMARTS) is 1. The number of carbonyl (C=O) groups excluding carboxylic acids is 1. The number of fused-ring (bicyclic) bond motifs is 2. The van der Waals surface area contributed by atoms with Crippen LogP contribution in [0.15, 0.2) is 42.5 Å². The summed E-state index contributed by atoms with van der Waals surface area (Å²) in [5.74, 6) is -0.114. The summed E-state index contributed by atoms with van der Waals surface area (Å²) < 4.78 is 1.91. The summed E-state index contributed by atoms with van der Waals surface area (Å²) in [4.78, 5) is 28.8. The fourth-order valence-electron chi connectivity index (χ4n) is 4.18. The van der Waals surface area contributed by atoms with Crippen molar-refractivity contribution in [3.05, 3.63) is 59.3 Å². The summed E-state index contributed by atoms with van der Waals surface area (Å²) in [5, 5.41) is 10.9. The van der Waals surface area contributed by atoms with Gasteiger partial charge in [0.05, 0.1) is 17.4 Å². The average Bonchev–Trinajstić information content (AvgIpc) is 3.04. The van der Waals surface area contributed by atoms with Crippen LogP contribution in [0.1, 0.15) is 35.0 Å². The molecule has 1 N–H and O–H groups in total. The molecule has 0 bridgehead atoms. The minimum absolute atomic E-state index is 0.114. The number of benzene rings is 2. The van der Waals surface area contributed by atoms with E-state index in [-0.39, 0.29) is 11.9 Å². The van der Waals surface area contributed by atoms with Crippen LogP contribution in [0.2, 0.25) is 0 Å². The third-order valence-electron chi connectivity index (χ3n) is 5.99. The molecular weight excluding hydrogens is 366 g/mol. The lowest BCUT2D eigenvalue weighted by atomic mass is 10.00. The second kappa shape index (κ2) is 6.95. The fraction of sp³-hybridized carbons (Fsp3) is 0.304. The highest BCUT2D eigenvalue weighted by Crippen LogP contribution is 2.39. The molecule has 6 heteroatoms. The number of para-hydroxylation sites is 1. The molecule has 0 saturated heterocycles. The van der Waals surface area contributed by atoms with Gasteiger partial charge in [-0.15, -0.1) is 0 Å². The van der Waals surface area contributed by atoms with Crippen molar-refractivity contribution in [3.8, 4) is 0 Å². The van der Waals surface area contributed by atoms with Gasteiger partial charge >= 0.3 is 6.09 Å². The maximum absolute atomic E-state index is 13.6. The van der Waals surface area contributed by atoms with Gasteiger partial charge in [0.25, 0.3) is 5.91 Å². The van der Waals surface area contributed by atoms with Crippen LogP contribution in [0.25, 0.3) is 10.9 Å². The van der Waals surface area contributed by atoms with E-state index in [1.165, 1.54) is 4.90 Å². The number of amides is 2. The lowest BCUT2D eigenvalue weighted by molar-refractivity contribution is 0.0975. The van der Waals surface area contributed by atoms with Crippen LogP contribution in [-0.4, -0.2) is 34.3 Å². The molecule has 2 heterocycles. The number of aromatic nitrogens is 1. The number of anilines is 2. The van der Waals surface area contributed by atoms with E-state index in [2.05, 4.69) is 0 Å². The molecule has 1 aromatic heterocycles. The monoisotopic (exact) mass is 391 g/mol. The summed E-state index contributed by atoms with van der Waals surface area (Å²) in [6.07, 6.45) is -0.365. The molecule has 2 amide bonds. The average molecular weight is 391 g/mol. The molecule has 0 radical (unpaired) electrons. The zero-order valence-corrected chi connectivity index (χ0v) is 17.1. The number of aryl methyl sites for hydroxylation is 3. The van der Waals surface area contributed by atoms with Crippen LogP contribution in [0.4, 0.5) is 16.2 Å². The molecule has 0 spiro atoms. The molecule has 6 nitrogen and oxygen atoms in total. The maximum atomic E-state index is 13.6. The quantitative estimate of drug-likeness (QED) is 0.687. The van der Waals surface area contributed by atoms with Gasteiger partial charge in [-0.05, 0) is 55.7 Å².